The van der Waals surface area contributed by atoms with E-state index in [1.54, 1.807) is 0 Å². The molecule has 6 N–H and O–H groups in total. The number of nitrogens with two attached hydrogens (primary N) is 2. The lowest BCUT2D eigenvalue weighted by Crippen LogP contribution is -2.29. The van der Waals surface area contributed by atoms with Crippen LogP contribution in [0.3, 0.4) is 0 Å². The van der Waals surface area contributed by atoms with Gasteiger partial charge in [0, 0.05) is 0 Å². The standard InChI is InChI=1S/C6H7BO2.CH4N2O/c8-7(9)6-4-2-1-3-5-6;2-1(3)4/h1-5,8-9H;(H4,2,3,4)/i1D,2D,3D,4D,5D;. The van der Waals surface area contributed by atoms with Gasteiger partial charge in [0.05, 0.1) is 6.85 Å². The van der Waals surface area contributed by atoms with Crippen LogP contribution in [0.5, 0.6) is 0 Å². The van der Waals surface area contributed by atoms with Gasteiger partial charge in [0.1, 0.15) is 0 Å². The maximum Gasteiger partial charge on any atom is 0.488 e. The predicted octanol–water partition coefficient (Wildman–Crippen LogP) is -1.61. The van der Waals surface area contributed by atoms with Crippen molar-refractivity contribution in [1.82, 2.24) is 0 Å². The van der Waals surface area contributed by atoms with E-state index in [1.807, 2.05) is 0 Å². The Balaban J connectivity index is 0.000000631. The fraction of sp³-hybridized carbons (Fsp3) is 0. The Morgan fingerprint density at radius 2 is 1.69 bits per heavy atom. The molecule has 1 aromatic carbocycles. The van der Waals surface area contributed by atoms with Crippen molar-refractivity contribution < 1.29 is 21.7 Å². The second-order valence-electron chi connectivity index (χ2n) is 1.81. The number of hydrogen-bond acceptors (Lipinski definition) is 3. The highest BCUT2D eigenvalue weighted by Gasteiger charge is 2.07. The van der Waals surface area contributed by atoms with Gasteiger partial charge in [0.25, 0.3) is 0 Å². The number of amides is 2. The Morgan fingerprint density at radius 3 is 2.00 bits per heavy atom. The van der Waals surface area contributed by atoms with Gasteiger partial charge in [-0.05, 0) is 5.46 Å². The lowest BCUT2D eigenvalue weighted by atomic mass is 9.81. The summed E-state index contributed by atoms with van der Waals surface area (Å²) < 4.78 is 36.2. The molecule has 5 nitrogen and oxygen atoms in total. The third-order valence-corrected chi connectivity index (χ3v) is 0.778. The first-order valence-corrected chi connectivity index (χ1v) is 3.09. The molecule has 0 bridgehead atoms. The van der Waals surface area contributed by atoms with Crippen LogP contribution in [0.4, 0.5) is 4.79 Å². The molecule has 0 saturated carbocycles. The molecule has 0 spiro atoms. The molecule has 0 unspecified atom stereocenters. The summed E-state index contributed by atoms with van der Waals surface area (Å²) in [6, 6.07) is -3.72. The Bertz CT molecular complexity index is 438. The first-order chi connectivity index (χ1) is 8.11. The van der Waals surface area contributed by atoms with E-state index < -0.39 is 48.8 Å². The van der Waals surface area contributed by atoms with Crippen LogP contribution in [0, 0.1) is 0 Å². The van der Waals surface area contributed by atoms with Gasteiger partial charge in [-0.25, -0.2) is 4.79 Å². The number of carbonyl (C=O) groups is 1. The first kappa shape index (κ1) is 5.26. The largest absolute Gasteiger partial charge is 0.488 e. The van der Waals surface area contributed by atoms with Gasteiger partial charge in [-0.1, -0.05) is 30.2 Å². The van der Waals surface area contributed by atoms with Crippen LogP contribution in [-0.4, -0.2) is 23.2 Å². The van der Waals surface area contributed by atoms with Crippen LogP contribution in [0.1, 0.15) is 6.85 Å². The molecule has 0 fully saturated rings. The Labute approximate surface area is 83.1 Å². The first-order valence-electron chi connectivity index (χ1n) is 5.59. The lowest BCUT2D eigenvalue weighted by Gasteiger charge is -1.94. The van der Waals surface area contributed by atoms with Crippen molar-refractivity contribution in [3.05, 3.63) is 30.2 Å². The zero-order chi connectivity index (χ0) is 14.6. The summed E-state index contributed by atoms with van der Waals surface area (Å²) in [5, 5.41) is 17.6. The molecule has 13 heavy (non-hydrogen) atoms. The van der Waals surface area contributed by atoms with Crippen LogP contribution in [0.2, 0.25) is 0 Å². The maximum absolute atomic E-state index is 9.00. The fourth-order valence-electron chi connectivity index (χ4n) is 0.389. The molecule has 2 amide bonds. The Hall–Kier alpha value is -1.53. The number of hydrogen-bond donors (Lipinski definition) is 4. The summed E-state index contributed by atoms with van der Waals surface area (Å²) in [7, 11) is -2.07. The molecule has 0 radical (unpaired) electrons. The molecule has 1 rings (SSSR count). The smallest absolute Gasteiger partial charge is 0.423 e. The van der Waals surface area contributed by atoms with Gasteiger partial charge in [-0.3, -0.25) is 0 Å². The van der Waals surface area contributed by atoms with Crippen molar-refractivity contribution in [2.24, 2.45) is 11.5 Å². The van der Waals surface area contributed by atoms with E-state index in [9.17, 15) is 0 Å². The van der Waals surface area contributed by atoms with Crippen molar-refractivity contribution in [3.63, 3.8) is 0 Å². The van der Waals surface area contributed by atoms with Crippen molar-refractivity contribution in [2.75, 3.05) is 0 Å². The predicted molar refractivity (Wildman–Crippen MR) is 50.0 cm³/mol. The average Bonchev–Trinajstić information content (AvgIpc) is 2.22. The fourth-order valence-corrected chi connectivity index (χ4v) is 0.389. The molecule has 0 aliphatic carbocycles. The molecular weight excluding hydrogens is 171 g/mol. The second-order valence-corrected chi connectivity index (χ2v) is 1.81. The molecule has 0 aliphatic heterocycles. The number of rotatable bonds is 1. The van der Waals surface area contributed by atoms with Crippen molar-refractivity contribution in [1.29, 1.82) is 0 Å². The van der Waals surface area contributed by atoms with Crippen LogP contribution in [0.15, 0.2) is 30.2 Å². The van der Waals surface area contributed by atoms with E-state index in [0.717, 1.165) is 0 Å². The number of primary amides is 2. The average molecular weight is 187 g/mol. The second kappa shape index (κ2) is 6.04. The lowest BCUT2D eigenvalue weighted by molar-refractivity contribution is 0.256. The van der Waals surface area contributed by atoms with Crippen LogP contribution >= 0.6 is 0 Å². The Morgan fingerprint density at radius 1 is 1.31 bits per heavy atom. The van der Waals surface area contributed by atoms with Gasteiger partial charge in [-0.2, -0.15) is 0 Å². The third kappa shape index (κ3) is 6.86. The van der Waals surface area contributed by atoms with E-state index in [2.05, 4.69) is 11.5 Å². The summed E-state index contributed by atoms with van der Waals surface area (Å²) in [6.45, 7) is 0. The Kier molecular flexibility index (Phi) is 2.44. The highest BCUT2D eigenvalue weighted by molar-refractivity contribution is 6.58. The summed E-state index contributed by atoms with van der Waals surface area (Å²) in [5.74, 6) is 0. The van der Waals surface area contributed by atoms with Crippen LogP contribution in [-0.2, 0) is 0 Å². The van der Waals surface area contributed by atoms with Crippen LogP contribution < -0.4 is 16.9 Å². The van der Waals surface area contributed by atoms with E-state index in [0.29, 0.717) is 0 Å². The quantitative estimate of drug-likeness (QED) is 0.397. The summed E-state index contributed by atoms with van der Waals surface area (Å²) in [4.78, 5) is 9.00. The summed E-state index contributed by atoms with van der Waals surface area (Å²) in [5.41, 5.74) is 8.00. The highest BCUT2D eigenvalue weighted by Crippen LogP contribution is 1.82. The van der Waals surface area contributed by atoms with Crippen LogP contribution in [0.25, 0.3) is 0 Å². The van der Waals surface area contributed by atoms with E-state index >= 15 is 0 Å². The maximum atomic E-state index is 9.00. The number of urea groups is 1. The molecule has 0 atom stereocenters. The van der Waals surface area contributed by atoms with Gasteiger partial charge in [-0.15, -0.1) is 0 Å². The molecule has 6 heteroatoms. The summed E-state index contributed by atoms with van der Waals surface area (Å²) >= 11 is 0. The molecule has 0 saturated heterocycles. The zero-order valence-corrected chi connectivity index (χ0v) is 6.53. The third-order valence-electron chi connectivity index (χ3n) is 0.778. The molecule has 0 aromatic heterocycles. The van der Waals surface area contributed by atoms with E-state index in [-0.39, 0.29) is 0 Å². The highest BCUT2D eigenvalue weighted by atomic mass is 16.4. The van der Waals surface area contributed by atoms with Gasteiger partial charge < -0.3 is 21.5 Å². The summed E-state index contributed by atoms with van der Waals surface area (Å²) in [6.07, 6.45) is 0. The zero-order valence-electron chi connectivity index (χ0n) is 11.5. The van der Waals surface area contributed by atoms with Crippen molar-refractivity contribution in [2.45, 2.75) is 0 Å². The molecular formula is C7H11BN2O3. The number of carbonyl (C=O) groups excluding carboxylic acids is 1. The van der Waals surface area contributed by atoms with Crippen molar-refractivity contribution in [3.8, 4) is 0 Å². The normalized spacial score (nSPS) is 13.5. The van der Waals surface area contributed by atoms with E-state index in [4.69, 9.17) is 21.7 Å². The van der Waals surface area contributed by atoms with Gasteiger partial charge >= 0.3 is 13.1 Å². The number of benzene rings is 1. The van der Waals surface area contributed by atoms with E-state index in [1.165, 1.54) is 0 Å². The molecule has 70 valence electrons. The molecule has 1 aromatic rings. The minimum Gasteiger partial charge on any atom is -0.423 e. The van der Waals surface area contributed by atoms with Gasteiger partial charge in [0.2, 0.25) is 0 Å². The molecule has 0 aliphatic rings. The SMILES string of the molecule is NC(N)=O.[2H]c1c([2H])c([2H])c(B(O)O)c([2H])c1[2H]. The van der Waals surface area contributed by atoms with Crippen molar-refractivity contribution >= 4 is 18.6 Å². The minimum absolute atomic E-state index is 0.504. The van der Waals surface area contributed by atoms with Gasteiger partial charge in [0.15, 0.2) is 0 Å². The topological polar surface area (TPSA) is 110 Å². The molecule has 0 heterocycles. The monoisotopic (exact) mass is 187 g/mol. The minimum atomic E-state index is -2.07.